The maximum Gasteiger partial charge on any atom is 0.285 e. The van der Waals surface area contributed by atoms with Gasteiger partial charge in [0.2, 0.25) is 0 Å². The van der Waals surface area contributed by atoms with Gasteiger partial charge < -0.3 is 9.64 Å². The summed E-state index contributed by atoms with van der Waals surface area (Å²) in [7, 11) is -2.15. The first-order valence-electron chi connectivity index (χ1n) is 9.18. The number of morpholine rings is 1. The predicted molar refractivity (Wildman–Crippen MR) is 105 cm³/mol. The topological polar surface area (TPSA) is 118 Å². The molecule has 11 heteroatoms. The van der Waals surface area contributed by atoms with Gasteiger partial charge >= 0.3 is 0 Å². The van der Waals surface area contributed by atoms with Crippen LogP contribution < -0.4 is 4.90 Å². The maximum absolute atomic E-state index is 13.0. The normalized spacial score (nSPS) is 20.6. The van der Waals surface area contributed by atoms with Crippen molar-refractivity contribution in [3.05, 3.63) is 42.0 Å². The molecule has 29 heavy (non-hydrogen) atoms. The average molecular weight is 413 g/mol. The van der Waals surface area contributed by atoms with Crippen LogP contribution in [-0.2, 0) is 21.8 Å². The Bertz CT molecular complexity index is 1210. The molecule has 1 saturated heterocycles. The van der Waals surface area contributed by atoms with Crippen molar-refractivity contribution in [1.29, 1.82) is 0 Å². The number of H-pyrrole nitrogens is 1. The second-order valence-electron chi connectivity index (χ2n) is 7.05. The first kappa shape index (κ1) is 18.0. The fraction of sp³-hybridized carbons (Fsp3) is 0.333. The lowest BCUT2D eigenvalue weighted by atomic mass is 10.1. The molecule has 1 atom stereocenters. The van der Waals surface area contributed by atoms with Crippen molar-refractivity contribution >= 4 is 21.6 Å². The van der Waals surface area contributed by atoms with Crippen molar-refractivity contribution in [1.82, 2.24) is 25.0 Å². The highest BCUT2D eigenvalue weighted by atomic mass is 32.2. The minimum absolute atomic E-state index is 0.0929. The van der Waals surface area contributed by atoms with Gasteiger partial charge in [0.05, 0.1) is 30.6 Å². The van der Waals surface area contributed by atoms with Crippen molar-refractivity contribution in [2.45, 2.75) is 17.9 Å². The summed E-state index contributed by atoms with van der Waals surface area (Å²) >= 11 is 0. The average Bonchev–Trinajstić information content (AvgIpc) is 3.41. The number of sulfonamides is 1. The van der Waals surface area contributed by atoms with E-state index in [0.29, 0.717) is 48.2 Å². The molecule has 3 aromatic rings. The van der Waals surface area contributed by atoms with Crippen LogP contribution in [0.3, 0.4) is 0 Å². The molecule has 10 nitrogen and oxygen atoms in total. The third-order valence-electron chi connectivity index (χ3n) is 5.17. The zero-order valence-corrected chi connectivity index (χ0v) is 16.7. The van der Waals surface area contributed by atoms with Crippen LogP contribution in [-0.4, -0.2) is 64.9 Å². The van der Waals surface area contributed by atoms with E-state index in [2.05, 4.69) is 31.5 Å². The maximum atomic E-state index is 13.0. The van der Waals surface area contributed by atoms with Gasteiger partial charge in [0.25, 0.3) is 10.0 Å². The molecule has 0 aromatic carbocycles. The van der Waals surface area contributed by atoms with Gasteiger partial charge in [-0.05, 0) is 25.1 Å². The van der Waals surface area contributed by atoms with E-state index >= 15 is 0 Å². The number of rotatable bonds is 3. The molecule has 1 unspecified atom stereocenters. The first-order valence-corrected chi connectivity index (χ1v) is 10.6. The molecule has 3 aromatic heterocycles. The number of aryl methyl sites for hydroxylation is 1. The minimum atomic E-state index is -3.92. The molecule has 5 rings (SSSR count). The Kier molecular flexibility index (Phi) is 4.03. The summed E-state index contributed by atoms with van der Waals surface area (Å²) in [5.74, 6) is 0.681. The highest BCUT2D eigenvalue weighted by molar-refractivity contribution is 7.91. The molecule has 0 saturated carbocycles. The van der Waals surface area contributed by atoms with Crippen molar-refractivity contribution in [2.24, 2.45) is 11.4 Å². The Morgan fingerprint density at radius 2 is 2.14 bits per heavy atom. The number of hydrogen-bond donors (Lipinski definition) is 1. The van der Waals surface area contributed by atoms with Gasteiger partial charge in [-0.3, -0.25) is 9.78 Å². The second-order valence-corrected chi connectivity index (χ2v) is 8.59. The van der Waals surface area contributed by atoms with Gasteiger partial charge in [0.15, 0.2) is 0 Å². The van der Waals surface area contributed by atoms with E-state index in [4.69, 9.17) is 9.72 Å². The quantitative estimate of drug-likeness (QED) is 0.680. The summed E-state index contributed by atoms with van der Waals surface area (Å²) < 4.78 is 37.2. The van der Waals surface area contributed by atoms with Crippen molar-refractivity contribution in [2.75, 3.05) is 24.7 Å². The van der Waals surface area contributed by atoms with Gasteiger partial charge in [-0.25, -0.2) is 4.98 Å². The van der Waals surface area contributed by atoms with Gasteiger partial charge in [-0.2, -0.15) is 23.0 Å². The molecule has 0 aliphatic carbocycles. The SMILES string of the molecule is CC1COCCN1c1cc(-c2ccnn2C)c2c(n1)C(c1ccn[nH]1)=NS2(=O)=O. The van der Waals surface area contributed by atoms with Gasteiger partial charge in [-0.1, -0.05) is 0 Å². The molecule has 0 radical (unpaired) electrons. The predicted octanol–water partition coefficient (Wildman–Crippen LogP) is 0.970. The van der Waals surface area contributed by atoms with Crippen LogP contribution in [0.2, 0.25) is 0 Å². The summed E-state index contributed by atoms with van der Waals surface area (Å²) in [6.45, 7) is 3.89. The molecule has 0 amide bonds. The smallest absolute Gasteiger partial charge is 0.285 e. The van der Waals surface area contributed by atoms with Crippen LogP contribution in [0.5, 0.6) is 0 Å². The molecule has 2 aliphatic rings. The number of nitrogens with one attached hydrogen (secondary N) is 1. The summed E-state index contributed by atoms with van der Waals surface area (Å²) in [6, 6.07) is 5.38. The van der Waals surface area contributed by atoms with Crippen LogP contribution in [0, 0.1) is 0 Å². The summed E-state index contributed by atoms with van der Waals surface area (Å²) in [6.07, 6.45) is 3.19. The molecule has 5 heterocycles. The largest absolute Gasteiger partial charge is 0.377 e. The van der Waals surface area contributed by atoms with E-state index < -0.39 is 10.0 Å². The Balaban J connectivity index is 1.79. The lowest BCUT2D eigenvalue weighted by Crippen LogP contribution is -2.44. The zero-order chi connectivity index (χ0) is 20.2. The van der Waals surface area contributed by atoms with E-state index in [9.17, 15) is 8.42 Å². The fourth-order valence-corrected chi connectivity index (χ4v) is 5.10. The van der Waals surface area contributed by atoms with Crippen LogP contribution >= 0.6 is 0 Å². The number of aromatic nitrogens is 5. The number of fused-ring (bicyclic) bond motifs is 1. The molecule has 0 spiro atoms. The molecule has 150 valence electrons. The van der Waals surface area contributed by atoms with Crippen LogP contribution in [0.25, 0.3) is 11.3 Å². The minimum Gasteiger partial charge on any atom is -0.377 e. The summed E-state index contributed by atoms with van der Waals surface area (Å²) in [5, 5.41) is 10.9. The Morgan fingerprint density at radius 1 is 1.28 bits per heavy atom. The Morgan fingerprint density at radius 3 is 2.83 bits per heavy atom. The Labute approximate surface area is 167 Å². The molecule has 0 bridgehead atoms. The molecule has 1 N–H and O–H groups in total. The lowest BCUT2D eigenvalue weighted by Gasteiger charge is -2.34. The molecule has 2 aliphatic heterocycles. The van der Waals surface area contributed by atoms with Crippen LogP contribution in [0.4, 0.5) is 5.82 Å². The highest BCUT2D eigenvalue weighted by Gasteiger charge is 2.37. The van der Waals surface area contributed by atoms with Crippen LogP contribution in [0.1, 0.15) is 18.3 Å². The van der Waals surface area contributed by atoms with E-state index in [1.807, 2.05) is 0 Å². The van der Waals surface area contributed by atoms with Crippen molar-refractivity contribution in [3.63, 3.8) is 0 Å². The van der Waals surface area contributed by atoms with E-state index in [1.165, 1.54) is 0 Å². The summed E-state index contributed by atoms with van der Waals surface area (Å²) in [5.41, 5.74) is 2.30. The van der Waals surface area contributed by atoms with Gasteiger partial charge in [0, 0.05) is 31.5 Å². The van der Waals surface area contributed by atoms with E-state index in [0.717, 1.165) is 0 Å². The lowest BCUT2D eigenvalue weighted by molar-refractivity contribution is 0.0985. The molecule has 1 fully saturated rings. The first-order chi connectivity index (χ1) is 14.0. The van der Waals surface area contributed by atoms with Crippen molar-refractivity contribution in [3.8, 4) is 11.3 Å². The van der Waals surface area contributed by atoms with Gasteiger partial charge in [0.1, 0.15) is 22.1 Å². The van der Waals surface area contributed by atoms with E-state index in [1.54, 1.807) is 42.3 Å². The Hall–Kier alpha value is -3.05. The number of hydrogen-bond acceptors (Lipinski definition) is 7. The molecular formula is C18H19N7O3S. The van der Waals surface area contributed by atoms with E-state index in [-0.39, 0.29) is 16.6 Å². The molecular weight excluding hydrogens is 394 g/mol. The highest BCUT2D eigenvalue weighted by Crippen LogP contribution is 2.38. The number of anilines is 1. The summed E-state index contributed by atoms with van der Waals surface area (Å²) in [4.78, 5) is 6.96. The number of aromatic amines is 1. The third-order valence-corrected chi connectivity index (χ3v) is 6.52. The van der Waals surface area contributed by atoms with Crippen LogP contribution in [0.15, 0.2) is 39.9 Å². The van der Waals surface area contributed by atoms with Gasteiger partial charge in [-0.15, -0.1) is 0 Å². The second kappa shape index (κ2) is 6.49. The fourth-order valence-electron chi connectivity index (χ4n) is 3.76. The number of pyridine rings is 1. The third kappa shape index (κ3) is 2.85. The number of nitrogens with zero attached hydrogens (tertiary/aromatic N) is 6. The van der Waals surface area contributed by atoms with Crippen molar-refractivity contribution < 1.29 is 13.2 Å². The number of ether oxygens (including phenoxy) is 1. The standard InChI is InChI=1S/C18H19N7O3S/c1-11-10-28-8-7-25(11)15-9-12(14-4-6-20-24(14)2)18-17(21-15)16(23-29(18,26)27)13-3-5-19-22-13/h3-6,9,11H,7-8,10H2,1-2H3,(H,19,22). The zero-order valence-electron chi connectivity index (χ0n) is 15.9. The monoisotopic (exact) mass is 413 g/mol.